The number of fused-ring (bicyclic) bond motifs is 1. The van der Waals surface area contributed by atoms with Gasteiger partial charge in [0.15, 0.2) is 5.82 Å². The molecule has 1 amide bonds. The minimum Gasteiger partial charge on any atom is -0.481 e. The average molecular weight is 238 g/mol. The number of rotatable bonds is 2. The molecule has 1 saturated heterocycles. The first-order valence-electron chi connectivity index (χ1n) is 5.26. The van der Waals surface area contributed by atoms with Crippen molar-refractivity contribution in [2.45, 2.75) is 19.0 Å². The molecule has 8 heteroatoms. The van der Waals surface area contributed by atoms with E-state index in [1.54, 1.807) is 4.57 Å². The van der Waals surface area contributed by atoms with Crippen LogP contribution in [-0.2, 0) is 16.1 Å². The Bertz CT molecular complexity index is 497. The van der Waals surface area contributed by atoms with E-state index >= 15 is 0 Å². The summed E-state index contributed by atoms with van der Waals surface area (Å²) < 4.78 is 6.96. The number of carbonyl (C=O) groups is 2. The second-order valence-electron chi connectivity index (χ2n) is 4.03. The number of aliphatic carboxylic acids is 1. The van der Waals surface area contributed by atoms with Crippen molar-refractivity contribution in [1.29, 1.82) is 0 Å². The number of nitrogens with zero attached hydrogens (tertiary/aromatic N) is 3. The summed E-state index contributed by atoms with van der Waals surface area (Å²) in [6.07, 6.45) is 0.201. The summed E-state index contributed by atoms with van der Waals surface area (Å²) in [5.74, 6) is -2.02. The average Bonchev–Trinajstić information content (AvgIpc) is 2.89. The molecule has 2 aliphatic heterocycles. The van der Waals surface area contributed by atoms with Crippen LogP contribution in [0.5, 0.6) is 6.01 Å². The third-order valence-electron chi connectivity index (χ3n) is 3.01. The Morgan fingerprint density at radius 3 is 3.06 bits per heavy atom. The van der Waals surface area contributed by atoms with E-state index in [0.29, 0.717) is 25.0 Å². The van der Waals surface area contributed by atoms with Crippen LogP contribution in [0.4, 0.5) is 0 Å². The molecule has 0 aromatic carbocycles. The van der Waals surface area contributed by atoms with Crippen LogP contribution in [0.1, 0.15) is 18.3 Å². The third-order valence-corrected chi connectivity index (χ3v) is 3.01. The van der Waals surface area contributed by atoms with Crippen LogP contribution in [0, 0.1) is 5.92 Å². The summed E-state index contributed by atoms with van der Waals surface area (Å²) in [7, 11) is 0. The van der Waals surface area contributed by atoms with Crippen LogP contribution in [0.15, 0.2) is 0 Å². The Morgan fingerprint density at radius 2 is 2.35 bits per heavy atom. The van der Waals surface area contributed by atoms with Crippen molar-refractivity contribution in [3.8, 4) is 6.01 Å². The second-order valence-corrected chi connectivity index (χ2v) is 4.03. The number of hydrogen-bond donors (Lipinski definition) is 2. The molecule has 1 aromatic rings. The minimum atomic E-state index is -1.11. The van der Waals surface area contributed by atoms with E-state index in [-0.39, 0.29) is 6.42 Å². The van der Waals surface area contributed by atoms with Crippen molar-refractivity contribution in [3.63, 3.8) is 0 Å². The van der Waals surface area contributed by atoms with E-state index in [1.807, 2.05) is 0 Å². The summed E-state index contributed by atoms with van der Waals surface area (Å²) >= 11 is 0. The smallest absolute Gasteiger partial charge is 0.317 e. The van der Waals surface area contributed by atoms with Crippen LogP contribution < -0.4 is 10.1 Å². The lowest BCUT2D eigenvalue weighted by Crippen LogP contribution is -2.26. The Morgan fingerprint density at radius 1 is 1.53 bits per heavy atom. The van der Waals surface area contributed by atoms with E-state index in [9.17, 15) is 9.59 Å². The molecule has 8 nitrogen and oxygen atoms in total. The minimum absolute atomic E-state index is 0.201. The van der Waals surface area contributed by atoms with Gasteiger partial charge in [-0.15, -0.1) is 5.10 Å². The van der Waals surface area contributed by atoms with Gasteiger partial charge in [0.05, 0.1) is 12.6 Å². The monoisotopic (exact) mass is 238 g/mol. The Hall–Kier alpha value is -2.12. The van der Waals surface area contributed by atoms with Crippen LogP contribution in [-0.4, -0.2) is 38.4 Å². The standard InChI is InChI=1S/C9H10N4O4/c14-7-4(8(15)16)3-5(10-7)6-11-12-9-13(6)1-2-17-9/h4-5H,1-3H2,(H,10,14)(H,15,16). The molecule has 0 saturated carbocycles. The summed E-state index contributed by atoms with van der Waals surface area (Å²) in [5.41, 5.74) is 0. The Labute approximate surface area is 95.6 Å². The van der Waals surface area contributed by atoms with Gasteiger partial charge in [0, 0.05) is 0 Å². The van der Waals surface area contributed by atoms with Gasteiger partial charge in [-0.2, -0.15) is 0 Å². The molecular formula is C9H10N4O4. The fraction of sp³-hybridized carbons (Fsp3) is 0.556. The van der Waals surface area contributed by atoms with Gasteiger partial charge in [0.1, 0.15) is 12.5 Å². The number of carboxylic acids is 1. The van der Waals surface area contributed by atoms with E-state index < -0.39 is 23.8 Å². The van der Waals surface area contributed by atoms with Crippen molar-refractivity contribution in [3.05, 3.63) is 5.82 Å². The highest BCUT2D eigenvalue weighted by molar-refractivity contribution is 5.98. The largest absolute Gasteiger partial charge is 0.481 e. The van der Waals surface area contributed by atoms with Gasteiger partial charge in [-0.3, -0.25) is 14.2 Å². The number of hydrogen-bond acceptors (Lipinski definition) is 5. The fourth-order valence-electron chi connectivity index (χ4n) is 2.16. The molecule has 0 bridgehead atoms. The molecular weight excluding hydrogens is 228 g/mol. The Kier molecular flexibility index (Phi) is 2.03. The molecule has 3 heterocycles. The highest BCUT2D eigenvalue weighted by Gasteiger charge is 2.40. The van der Waals surface area contributed by atoms with Crippen LogP contribution in [0.25, 0.3) is 0 Å². The molecule has 2 aliphatic rings. The zero-order valence-electron chi connectivity index (χ0n) is 8.79. The fourth-order valence-corrected chi connectivity index (χ4v) is 2.16. The van der Waals surface area contributed by atoms with Crippen molar-refractivity contribution >= 4 is 11.9 Å². The number of carboxylic acid groups (broad SMARTS) is 1. The molecule has 1 fully saturated rings. The van der Waals surface area contributed by atoms with Gasteiger partial charge in [0.25, 0.3) is 0 Å². The number of nitrogens with one attached hydrogen (secondary N) is 1. The lowest BCUT2D eigenvalue weighted by atomic mass is 10.1. The van der Waals surface area contributed by atoms with Crippen molar-refractivity contribution in [2.24, 2.45) is 5.92 Å². The van der Waals surface area contributed by atoms with Gasteiger partial charge >= 0.3 is 12.0 Å². The maximum absolute atomic E-state index is 11.4. The lowest BCUT2D eigenvalue weighted by molar-refractivity contribution is -0.145. The predicted octanol–water partition coefficient (Wildman–Crippen LogP) is -1.07. The van der Waals surface area contributed by atoms with Crippen molar-refractivity contribution < 1.29 is 19.4 Å². The SMILES string of the molecule is O=C(O)C1CC(c2nnc3n2CCO3)NC1=O. The van der Waals surface area contributed by atoms with Crippen LogP contribution in [0.2, 0.25) is 0 Å². The van der Waals surface area contributed by atoms with E-state index in [0.717, 1.165) is 0 Å². The van der Waals surface area contributed by atoms with Gasteiger partial charge in [-0.1, -0.05) is 5.10 Å². The second kappa shape index (κ2) is 3.44. The Balaban J connectivity index is 1.87. The van der Waals surface area contributed by atoms with E-state index in [2.05, 4.69) is 15.5 Å². The van der Waals surface area contributed by atoms with Crippen LogP contribution in [0.3, 0.4) is 0 Å². The highest BCUT2D eigenvalue weighted by Crippen LogP contribution is 2.30. The first-order valence-corrected chi connectivity index (χ1v) is 5.26. The molecule has 1 aromatic heterocycles. The molecule has 2 atom stereocenters. The molecule has 2 unspecified atom stereocenters. The molecule has 3 rings (SSSR count). The summed E-state index contributed by atoms with van der Waals surface area (Å²) in [6, 6.07) is 0.0274. The summed E-state index contributed by atoms with van der Waals surface area (Å²) in [4.78, 5) is 22.3. The maximum Gasteiger partial charge on any atom is 0.317 e. The molecule has 0 spiro atoms. The lowest BCUT2D eigenvalue weighted by Gasteiger charge is -2.08. The summed E-state index contributed by atoms with van der Waals surface area (Å²) in [6.45, 7) is 1.16. The molecule has 90 valence electrons. The van der Waals surface area contributed by atoms with Gasteiger partial charge in [-0.05, 0) is 6.42 Å². The topological polar surface area (TPSA) is 106 Å². The van der Waals surface area contributed by atoms with Crippen molar-refractivity contribution in [1.82, 2.24) is 20.1 Å². The van der Waals surface area contributed by atoms with E-state index in [1.165, 1.54) is 0 Å². The number of amides is 1. The van der Waals surface area contributed by atoms with Gasteiger partial charge in [0.2, 0.25) is 5.91 Å². The summed E-state index contributed by atoms with van der Waals surface area (Å²) in [5, 5.41) is 19.2. The number of aromatic nitrogens is 3. The zero-order valence-corrected chi connectivity index (χ0v) is 8.79. The predicted molar refractivity (Wildman–Crippen MR) is 52.1 cm³/mol. The molecule has 0 aliphatic carbocycles. The normalized spacial score (nSPS) is 26.5. The zero-order chi connectivity index (χ0) is 12.0. The number of ether oxygens (including phenoxy) is 1. The quantitative estimate of drug-likeness (QED) is 0.635. The van der Waals surface area contributed by atoms with Gasteiger partial charge < -0.3 is 15.2 Å². The van der Waals surface area contributed by atoms with Gasteiger partial charge in [-0.25, -0.2) is 0 Å². The van der Waals surface area contributed by atoms with Crippen molar-refractivity contribution in [2.75, 3.05) is 6.61 Å². The highest BCUT2D eigenvalue weighted by atomic mass is 16.5. The van der Waals surface area contributed by atoms with Crippen LogP contribution >= 0.6 is 0 Å². The molecule has 2 N–H and O–H groups in total. The third kappa shape index (κ3) is 1.44. The number of carbonyl (C=O) groups excluding carboxylic acids is 1. The first kappa shape index (κ1) is 10.1. The van der Waals surface area contributed by atoms with E-state index in [4.69, 9.17) is 9.84 Å². The maximum atomic E-state index is 11.4. The molecule has 0 radical (unpaired) electrons. The first-order chi connectivity index (χ1) is 8.16. The molecule has 17 heavy (non-hydrogen) atoms.